The van der Waals surface area contributed by atoms with Gasteiger partial charge in [0.2, 0.25) is 5.91 Å². The van der Waals surface area contributed by atoms with E-state index in [1.165, 1.54) is 6.07 Å². The molecule has 3 N–H and O–H groups in total. The maximum atomic E-state index is 13.4. The SMILES string of the molecule is CC(NC(=O)C(C)(C)N)c1ccc(F)cc1F. The summed E-state index contributed by atoms with van der Waals surface area (Å²) in [6.45, 7) is 4.71. The first-order valence-electron chi connectivity index (χ1n) is 5.26. The van der Waals surface area contributed by atoms with Gasteiger partial charge in [0.25, 0.3) is 0 Å². The molecule has 0 heterocycles. The number of hydrogen-bond donors (Lipinski definition) is 2. The smallest absolute Gasteiger partial charge is 0.239 e. The number of halogens is 2. The molecule has 1 aromatic rings. The molecule has 1 amide bonds. The minimum Gasteiger partial charge on any atom is -0.348 e. The summed E-state index contributed by atoms with van der Waals surface area (Å²) < 4.78 is 26.1. The lowest BCUT2D eigenvalue weighted by Gasteiger charge is -2.22. The van der Waals surface area contributed by atoms with Crippen LogP contribution in [0.4, 0.5) is 8.78 Å². The molecule has 17 heavy (non-hydrogen) atoms. The van der Waals surface area contributed by atoms with E-state index in [1.54, 1.807) is 20.8 Å². The number of carbonyl (C=O) groups excluding carboxylic acids is 1. The second-order valence-corrected chi connectivity index (χ2v) is 4.58. The zero-order valence-corrected chi connectivity index (χ0v) is 10.1. The Labute approximate surface area is 99.0 Å². The molecule has 1 unspecified atom stereocenters. The summed E-state index contributed by atoms with van der Waals surface area (Å²) in [6, 6.07) is 2.67. The second kappa shape index (κ2) is 4.79. The average molecular weight is 242 g/mol. The van der Waals surface area contributed by atoms with E-state index >= 15 is 0 Å². The third-order valence-electron chi connectivity index (χ3n) is 2.36. The van der Waals surface area contributed by atoms with Crippen LogP contribution in [0.15, 0.2) is 18.2 Å². The maximum absolute atomic E-state index is 13.4. The molecule has 0 aliphatic rings. The maximum Gasteiger partial charge on any atom is 0.239 e. The Morgan fingerprint density at radius 3 is 2.47 bits per heavy atom. The van der Waals surface area contributed by atoms with Gasteiger partial charge in [-0.15, -0.1) is 0 Å². The number of amides is 1. The molecular formula is C12H16F2N2O. The fraction of sp³-hybridized carbons (Fsp3) is 0.417. The van der Waals surface area contributed by atoms with Gasteiger partial charge < -0.3 is 11.1 Å². The Bertz CT molecular complexity index is 427. The van der Waals surface area contributed by atoms with Crippen molar-refractivity contribution in [3.8, 4) is 0 Å². The molecule has 5 heteroatoms. The van der Waals surface area contributed by atoms with Gasteiger partial charge in [0.15, 0.2) is 0 Å². The van der Waals surface area contributed by atoms with Crippen LogP contribution in [0.1, 0.15) is 32.4 Å². The van der Waals surface area contributed by atoms with Crippen molar-refractivity contribution in [2.24, 2.45) is 5.73 Å². The van der Waals surface area contributed by atoms with Crippen LogP contribution in [0.3, 0.4) is 0 Å². The standard InChI is InChI=1S/C12H16F2N2O/c1-7(16-11(17)12(2,3)15)9-5-4-8(13)6-10(9)14/h4-7H,15H2,1-3H3,(H,16,17). The molecule has 1 rings (SSSR count). The molecule has 0 aromatic heterocycles. The number of nitrogens with two attached hydrogens (primary N) is 1. The highest BCUT2D eigenvalue weighted by Crippen LogP contribution is 2.18. The molecule has 94 valence electrons. The summed E-state index contributed by atoms with van der Waals surface area (Å²) in [4.78, 5) is 11.6. The van der Waals surface area contributed by atoms with Crippen molar-refractivity contribution in [2.45, 2.75) is 32.4 Å². The Morgan fingerprint density at radius 1 is 1.41 bits per heavy atom. The van der Waals surface area contributed by atoms with E-state index in [1.807, 2.05) is 0 Å². The van der Waals surface area contributed by atoms with E-state index in [4.69, 9.17) is 5.73 Å². The lowest BCUT2D eigenvalue weighted by molar-refractivity contribution is -0.125. The molecule has 0 bridgehead atoms. The normalized spacial score (nSPS) is 13.3. The Hall–Kier alpha value is -1.49. The van der Waals surface area contributed by atoms with Crippen molar-refractivity contribution in [3.63, 3.8) is 0 Å². The zero-order chi connectivity index (χ0) is 13.2. The van der Waals surface area contributed by atoms with Gasteiger partial charge in [0.05, 0.1) is 11.6 Å². The van der Waals surface area contributed by atoms with Gasteiger partial charge in [0, 0.05) is 11.6 Å². The van der Waals surface area contributed by atoms with Crippen LogP contribution in [0, 0.1) is 11.6 Å². The molecule has 0 saturated heterocycles. The highest BCUT2D eigenvalue weighted by Gasteiger charge is 2.24. The van der Waals surface area contributed by atoms with Gasteiger partial charge >= 0.3 is 0 Å². The molecule has 0 radical (unpaired) electrons. The van der Waals surface area contributed by atoms with Crippen molar-refractivity contribution in [2.75, 3.05) is 0 Å². The van der Waals surface area contributed by atoms with Crippen LogP contribution in [-0.4, -0.2) is 11.4 Å². The van der Waals surface area contributed by atoms with E-state index in [0.29, 0.717) is 0 Å². The largest absolute Gasteiger partial charge is 0.348 e. The fourth-order valence-electron chi connectivity index (χ4n) is 1.31. The van der Waals surface area contributed by atoms with Crippen molar-refractivity contribution in [3.05, 3.63) is 35.4 Å². The Balaban J connectivity index is 2.84. The van der Waals surface area contributed by atoms with Crippen molar-refractivity contribution >= 4 is 5.91 Å². The number of nitrogens with one attached hydrogen (secondary N) is 1. The van der Waals surface area contributed by atoms with Crippen molar-refractivity contribution in [1.29, 1.82) is 0 Å². The second-order valence-electron chi connectivity index (χ2n) is 4.58. The molecule has 0 saturated carbocycles. The van der Waals surface area contributed by atoms with Crippen LogP contribution < -0.4 is 11.1 Å². The van der Waals surface area contributed by atoms with Gasteiger partial charge in [-0.25, -0.2) is 8.78 Å². The van der Waals surface area contributed by atoms with Crippen molar-refractivity contribution < 1.29 is 13.6 Å². The Morgan fingerprint density at radius 2 is 2.00 bits per heavy atom. The summed E-state index contributed by atoms with van der Waals surface area (Å²) in [5.41, 5.74) is 4.79. The molecule has 0 fully saturated rings. The molecule has 1 atom stereocenters. The lowest BCUT2D eigenvalue weighted by atomic mass is 10.0. The first-order chi connectivity index (χ1) is 7.71. The predicted molar refractivity (Wildman–Crippen MR) is 61.2 cm³/mol. The highest BCUT2D eigenvalue weighted by atomic mass is 19.1. The fourth-order valence-corrected chi connectivity index (χ4v) is 1.31. The topological polar surface area (TPSA) is 55.1 Å². The number of benzene rings is 1. The molecular weight excluding hydrogens is 226 g/mol. The van der Waals surface area contributed by atoms with Gasteiger partial charge in [-0.1, -0.05) is 6.07 Å². The zero-order valence-electron chi connectivity index (χ0n) is 10.1. The van der Waals surface area contributed by atoms with Crippen LogP contribution >= 0.6 is 0 Å². The number of rotatable bonds is 3. The average Bonchev–Trinajstić information content (AvgIpc) is 2.15. The third kappa shape index (κ3) is 3.49. The first kappa shape index (κ1) is 13.6. The quantitative estimate of drug-likeness (QED) is 0.850. The molecule has 0 spiro atoms. The molecule has 0 aliphatic heterocycles. The first-order valence-corrected chi connectivity index (χ1v) is 5.26. The van der Waals surface area contributed by atoms with Crippen LogP contribution in [0.25, 0.3) is 0 Å². The minimum absolute atomic E-state index is 0.226. The summed E-state index contributed by atoms with van der Waals surface area (Å²) >= 11 is 0. The van der Waals surface area contributed by atoms with E-state index in [-0.39, 0.29) is 5.56 Å². The van der Waals surface area contributed by atoms with Gasteiger partial charge in [-0.05, 0) is 26.8 Å². The van der Waals surface area contributed by atoms with Crippen LogP contribution in [0.2, 0.25) is 0 Å². The van der Waals surface area contributed by atoms with Gasteiger partial charge in [0.1, 0.15) is 11.6 Å². The van der Waals surface area contributed by atoms with Gasteiger partial charge in [-0.2, -0.15) is 0 Å². The monoisotopic (exact) mass is 242 g/mol. The predicted octanol–water partition coefficient (Wildman–Crippen LogP) is 1.88. The summed E-state index contributed by atoms with van der Waals surface area (Å²) in [5, 5.41) is 2.57. The lowest BCUT2D eigenvalue weighted by Crippen LogP contribution is -2.49. The Kier molecular flexibility index (Phi) is 3.83. The van der Waals surface area contributed by atoms with E-state index in [0.717, 1.165) is 12.1 Å². The minimum atomic E-state index is -1.04. The van der Waals surface area contributed by atoms with Crippen molar-refractivity contribution in [1.82, 2.24) is 5.32 Å². The van der Waals surface area contributed by atoms with Crippen LogP contribution in [-0.2, 0) is 4.79 Å². The third-order valence-corrected chi connectivity index (χ3v) is 2.36. The molecule has 3 nitrogen and oxygen atoms in total. The van der Waals surface area contributed by atoms with Crippen LogP contribution in [0.5, 0.6) is 0 Å². The van der Waals surface area contributed by atoms with Gasteiger partial charge in [-0.3, -0.25) is 4.79 Å². The highest BCUT2D eigenvalue weighted by molar-refractivity contribution is 5.85. The number of carbonyl (C=O) groups is 1. The summed E-state index contributed by atoms with van der Waals surface area (Å²) in [5.74, 6) is -1.73. The summed E-state index contributed by atoms with van der Waals surface area (Å²) in [6.07, 6.45) is 0. The summed E-state index contributed by atoms with van der Waals surface area (Å²) in [7, 11) is 0. The van der Waals surface area contributed by atoms with E-state index in [2.05, 4.69) is 5.32 Å². The van der Waals surface area contributed by atoms with E-state index < -0.39 is 29.1 Å². The molecule has 1 aromatic carbocycles. The van der Waals surface area contributed by atoms with E-state index in [9.17, 15) is 13.6 Å². The molecule has 0 aliphatic carbocycles. The number of hydrogen-bond acceptors (Lipinski definition) is 2.